The monoisotopic (exact) mass is 208 g/mol. The number of rotatable bonds is 3. The van der Waals surface area contributed by atoms with Crippen molar-refractivity contribution in [2.24, 2.45) is 5.92 Å². The van der Waals surface area contributed by atoms with Crippen molar-refractivity contribution in [1.82, 2.24) is 0 Å². The van der Waals surface area contributed by atoms with Crippen LogP contribution in [-0.2, 0) is 0 Å². The molecule has 0 radical (unpaired) electrons. The van der Waals surface area contributed by atoms with E-state index in [4.69, 9.17) is 16.9 Å². The first-order valence-corrected chi connectivity index (χ1v) is 4.91. The van der Waals surface area contributed by atoms with Crippen molar-refractivity contribution in [3.05, 3.63) is 28.8 Å². The number of hydrogen-bond acceptors (Lipinski definition) is 2. The number of aryl methyl sites for hydroxylation is 1. The summed E-state index contributed by atoms with van der Waals surface area (Å²) in [7, 11) is 0. The quantitative estimate of drug-likeness (QED) is 0.828. The highest BCUT2D eigenvalue weighted by Crippen LogP contribution is 2.20. The van der Waals surface area contributed by atoms with Gasteiger partial charge in [-0.25, -0.2) is 0 Å². The topological polar surface area (TPSA) is 35.8 Å². The molecule has 1 rings (SSSR count). The molecule has 1 N–H and O–H groups in total. The van der Waals surface area contributed by atoms with Gasteiger partial charge in [0.25, 0.3) is 0 Å². The van der Waals surface area contributed by atoms with Gasteiger partial charge < -0.3 is 5.32 Å². The first kappa shape index (κ1) is 10.9. The number of halogens is 1. The number of nitriles is 1. The van der Waals surface area contributed by atoms with E-state index in [-0.39, 0.29) is 5.92 Å². The third-order valence-electron chi connectivity index (χ3n) is 2.02. The lowest BCUT2D eigenvalue weighted by atomic mass is 10.1. The first-order chi connectivity index (χ1) is 6.63. The van der Waals surface area contributed by atoms with E-state index >= 15 is 0 Å². The minimum Gasteiger partial charge on any atom is -0.383 e. The second kappa shape index (κ2) is 4.88. The molecule has 0 aliphatic carbocycles. The predicted molar refractivity (Wildman–Crippen MR) is 59.5 cm³/mol. The summed E-state index contributed by atoms with van der Waals surface area (Å²) in [5, 5.41) is 12.5. The molecule has 0 spiro atoms. The van der Waals surface area contributed by atoms with E-state index in [1.54, 1.807) is 0 Å². The second-order valence-electron chi connectivity index (χ2n) is 3.37. The fourth-order valence-corrected chi connectivity index (χ4v) is 1.27. The van der Waals surface area contributed by atoms with Crippen LogP contribution in [0.5, 0.6) is 0 Å². The highest BCUT2D eigenvalue weighted by atomic mass is 35.5. The standard InChI is InChI=1S/C11H13ClN2/c1-8(6-13)7-14-11-5-10(12)4-3-9(11)2/h3-5,8,14H,7H2,1-2H3. The SMILES string of the molecule is Cc1ccc(Cl)cc1NCC(C)C#N. The Morgan fingerprint density at radius 1 is 1.57 bits per heavy atom. The van der Waals surface area contributed by atoms with Crippen LogP contribution in [-0.4, -0.2) is 6.54 Å². The molecule has 3 heteroatoms. The van der Waals surface area contributed by atoms with Gasteiger partial charge in [-0.2, -0.15) is 5.26 Å². The Bertz CT molecular complexity index is 355. The molecule has 0 saturated heterocycles. The summed E-state index contributed by atoms with van der Waals surface area (Å²) in [5.74, 6) is 0.00776. The lowest BCUT2D eigenvalue weighted by Gasteiger charge is -2.10. The molecule has 0 bridgehead atoms. The summed E-state index contributed by atoms with van der Waals surface area (Å²) in [4.78, 5) is 0. The smallest absolute Gasteiger partial charge is 0.0671 e. The summed E-state index contributed by atoms with van der Waals surface area (Å²) in [5.41, 5.74) is 2.14. The summed E-state index contributed by atoms with van der Waals surface area (Å²) in [6.45, 7) is 4.54. The molecule has 1 atom stereocenters. The molecular weight excluding hydrogens is 196 g/mol. The molecule has 14 heavy (non-hydrogen) atoms. The average molecular weight is 209 g/mol. The average Bonchev–Trinajstić information content (AvgIpc) is 2.19. The molecule has 0 heterocycles. The molecule has 0 saturated carbocycles. The van der Waals surface area contributed by atoms with E-state index in [1.165, 1.54) is 0 Å². The zero-order valence-electron chi connectivity index (χ0n) is 8.34. The molecule has 0 amide bonds. The molecule has 74 valence electrons. The third-order valence-corrected chi connectivity index (χ3v) is 2.25. The van der Waals surface area contributed by atoms with Crippen molar-refractivity contribution in [2.45, 2.75) is 13.8 Å². The summed E-state index contributed by atoms with van der Waals surface area (Å²) in [6, 6.07) is 7.87. The maximum atomic E-state index is 8.62. The van der Waals surface area contributed by atoms with Crippen LogP contribution in [0.4, 0.5) is 5.69 Å². The van der Waals surface area contributed by atoms with Crippen LogP contribution in [0, 0.1) is 24.2 Å². The third kappa shape index (κ3) is 2.93. The van der Waals surface area contributed by atoms with Crippen molar-refractivity contribution < 1.29 is 0 Å². The van der Waals surface area contributed by atoms with Crippen molar-refractivity contribution in [1.29, 1.82) is 5.26 Å². The van der Waals surface area contributed by atoms with Crippen LogP contribution in [0.1, 0.15) is 12.5 Å². The molecule has 1 unspecified atom stereocenters. The van der Waals surface area contributed by atoms with Crippen LogP contribution in [0.3, 0.4) is 0 Å². The molecular formula is C11H13ClN2. The van der Waals surface area contributed by atoms with E-state index in [2.05, 4.69) is 11.4 Å². The lowest BCUT2D eigenvalue weighted by Crippen LogP contribution is -2.10. The maximum absolute atomic E-state index is 8.62. The van der Waals surface area contributed by atoms with E-state index in [1.807, 2.05) is 32.0 Å². The Balaban J connectivity index is 2.67. The maximum Gasteiger partial charge on any atom is 0.0671 e. The van der Waals surface area contributed by atoms with Crippen molar-refractivity contribution >= 4 is 17.3 Å². The largest absolute Gasteiger partial charge is 0.383 e. The molecule has 0 aromatic heterocycles. The van der Waals surface area contributed by atoms with Gasteiger partial charge in [-0.05, 0) is 31.5 Å². The van der Waals surface area contributed by atoms with E-state index in [0.717, 1.165) is 11.3 Å². The zero-order chi connectivity index (χ0) is 10.6. The van der Waals surface area contributed by atoms with Gasteiger partial charge >= 0.3 is 0 Å². The Kier molecular flexibility index (Phi) is 3.79. The molecule has 2 nitrogen and oxygen atoms in total. The van der Waals surface area contributed by atoms with E-state index < -0.39 is 0 Å². The van der Waals surface area contributed by atoms with Gasteiger partial charge in [0.2, 0.25) is 0 Å². The zero-order valence-corrected chi connectivity index (χ0v) is 9.10. The Morgan fingerprint density at radius 3 is 2.93 bits per heavy atom. The van der Waals surface area contributed by atoms with Crippen LogP contribution < -0.4 is 5.32 Å². The van der Waals surface area contributed by atoms with E-state index in [0.29, 0.717) is 11.6 Å². The number of anilines is 1. The molecule has 0 aliphatic rings. The van der Waals surface area contributed by atoms with Crippen LogP contribution in [0.2, 0.25) is 5.02 Å². The molecule has 0 aliphatic heterocycles. The first-order valence-electron chi connectivity index (χ1n) is 4.53. The lowest BCUT2D eigenvalue weighted by molar-refractivity contribution is 0.785. The van der Waals surface area contributed by atoms with Gasteiger partial charge in [0.15, 0.2) is 0 Å². The fraction of sp³-hybridized carbons (Fsp3) is 0.364. The van der Waals surface area contributed by atoms with Crippen LogP contribution >= 0.6 is 11.6 Å². The number of nitrogens with one attached hydrogen (secondary N) is 1. The minimum absolute atomic E-state index is 0.00776. The normalized spacial score (nSPS) is 11.9. The second-order valence-corrected chi connectivity index (χ2v) is 3.81. The molecule has 1 aromatic rings. The molecule has 1 aromatic carbocycles. The van der Waals surface area contributed by atoms with Gasteiger partial charge in [-0.3, -0.25) is 0 Å². The van der Waals surface area contributed by atoms with E-state index in [9.17, 15) is 0 Å². The van der Waals surface area contributed by atoms with Crippen molar-refractivity contribution in [3.63, 3.8) is 0 Å². The van der Waals surface area contributed by atoms with Gasteiger partial charge in [-0.1, -0.05) is 17.7 Å². The van der Waals surface area contributed by atoms with Crippen molar-refractivity contribution in [2.75, 3.05) is 11.9 Å². The Hall–Kier alpha value is -1.20. The Labute approximate surface area is 89.5 Å². The fourth-order valence-electron chi connectivity index (χ4n) is 1.09. The number of nitrogens with zero attached hydrogens (tertiary/aromatic N) is 1. The number of benzene rings is 1. The van der Waals surface area contributed by atoms with Gasteiger partial charge in [0, 0.05) is 17.3 Å². The summed E-state index contributed by atoms with van der Waals surface area (Å²) >= 11 is 5.86. The summed E-state index contributed by atoms with van der Waals surface area (Å²) in [6.07, 6.45) is 0. The van der Waals surface area contributed by atoms with Crippen molar-refractivity contribution in [3.8, 4) is 6.07 Å². The van der Waals surface area contributed by atoms with Crippen LogP contribution in [0.25, 0.3) is 0 Å². The highest BCUT2D eigenvalue weighted by molar-refractivity contribution is 6.30. The highest BCUT2D eigenvalue weighted by Gasteiger charge is 2.02. The predicted octanol–water partition coefficient (Wildman–Crippen LogP) is 3.22. The summed E-state index contributed by atoms with van der Waals surface area (Å²) < 4.78 is 0. The Morgan fingerprint density at radius 2 is 2.29 bits per heavy atom. The number of hydrogen-bond donors (Lipinski definition) is 1. The van der Waals surface area contributed by atoms with Crippen LogP contribution in [0.15, 0.2) is 18.2 Å². The minimum atomic E-state index is 0.00776. The molecule has 0 fully saturated rings. The van der Waals surface area contributed by atoms with Gasteiger partial charge in [0.1, 0.15) is 0 Å². The van der Waals surface area contributed by atoms with Gasteiger partial charge in [0.05, 0.1) is 12.0 Å². The van der Waals surface area contributed by atoms with Gasteiger partial charge in [-0.15, -0.1) is 0 Å².